The molecule has 94 valence electrons. The molecule has 0 atom stereocenters. The monoisotopic (exact) mass is 288 g/mol. The van der Waals surface area contributed by atoms with E-state index < -0.39 is 11.6 Å². The van der Waals surface area contributed by atoms with Gasteiger partial charge in [-0.05, 0) is 18.2 Å². The number of benzene rings is 2. The highest BCUT2D eigenvalue weighted by Gasteiger charge is 2.10. The van der Waals surface area contributed by atoms with Gasteiger partial charge < -0.3 is 4.74 Å². The second-order valence-corrected chi connectivity index (χ2v) is 4.21. The van der Waals surface area contributed by atoms with Gasteiger partial charge in [0.05, 0.1) is 10.9 Å². The van der Waals surface area contributed by atoms with Crippen LogP contribution < -0.4 is 4.74 Å². The topological polar surface area (TPSA) is 9.23 Å². The van der Waals surface area contributed by atoms with Gasteiger partial charge in [0.15, 0.2) is 11.6 Å². The largest absolute Gasteiger partial charge is 0.455 e. The van der Waals surface area contributed by atoms with Gasteiger partial charge in [0.2, 0.25) is 0 Å². The summed E-state index contributed by atoms with van der Waals surface area (Å²) in [5.74, 6) is -1.20. The van der Waals surface area contributed by atoms with Gasteiger partial charge in [-0.25, -0.2) is 8.78 Å². The van der Waals surface area contributed by atoms with E-state index in [4.69, 9.17) is 27.9 Å². The molecule has 0 bridgehead atoms. The van der Waals surface area contributed by atoms with Crippen LogP contribution in [0.4, 0.5) is 8.78 Å². The number of hydrogen-bond donors (Lipinski definition) is 0. The van der Waals surface area contributed by atoms with Crippen LogP contribution >= 0.6 is 23.2 Å². The summed E-state index contributed by atoms with van der Waals surface area (Å²) in [4.78, 5) is 0. The fourth-order valence-corrected chi connectivity index (χ4v) is 1.87. The molecule has 5 heteroatoms. The summed E-state index contributed by atoms with van der Waals surface area (Å²) in [6, 6.07) is 8.37. The molecule has 0 aliphatic heterocycles. The lowest BCUT2D eigenvalue weighted by Crippen LogP contribution is -1.92. The van der Waals surface area contributed by atoms with E-state index in [0.29, 0.717) is 16.3 Å². The van der Waals surface area contributed by atoms with Crippen molar-refractivity contribution < 1.29 is 13.5 Å². The fourth-order valence-electron chi connectivity index (χ4n) is 1.43. The second-order valence-electron chi connectivity index (χ2n) is 3.54. The quantitative estimate of drug-likeness (QED) is 0.710. The minimum atomic E-state index is -0.980. The summed E-state index contributed by atoms with van der Waals surface area (Å²) in [6.07, 6.45) is 0. The average Bonchev–Trinajstić information content (AvgIpc) is 2.36. The molecule has 0 aromatic heterocycles. The predicted octanol–water partition coefficient (Wildman–Crippen LogP) is 5.15. The van der Waals surface area contributed by atoms with Crippen molar-refractivity contribution in [3.63, 3.8) is 0 Å². The van der Waals surface area contributed by atoms with Crippen molar-refractivity contribution in [2.45, 2.75) is 5.88 Å². The first-order valence-corrected chi connectivity index (χ1v) is 5.99. The maximum Gasteiger partial charge on any atom is 0.162 e. The van der Waals surface area contributed by atoms with Crippen molar-refractivity contribution in [1.29, 1.82) is 0 Å². The Balaban J connectivity index is 2.36. The second kappa shape index (κ2) is 5.55. The third-order valence-electron chi connectivity index (χ3n) is 2.30. The van der Waals surface area contributed by atoms with Crippen LogP contribution in [0.5, 0.6) is 11.5 Å². The highest BCUT2D eigenvalue weighted by atomic mass is 35.5. The molecule has 0 heterocycles. The Morgan fingerprint density at radius 2 is 1.83 bits per heavy atom. The summed E-state index contributed by atoms with van der Waals surface area (Å²) in [7, 11) is 0. The number of alkyl halides is 1. The van der Waals surface area contributed by atoms with E-state index >= 15 is 0 Å². The third-order valence-corrected chi connectivity index (χ3v) is 2.89. The molecule has 1 nitrogen and oxygen atoms in total. The highest BCUT2D eigenvalue weighted by molar-refractivity contribution is 6.32. The molecule has 0 aliphatic carbocycles. The molecule has 0 saturated heterocycles. The molecule has 2 aromatic carbocycles. The maximum atomic E-state index is 13.1. The highest BCUT2D eigenvalue weighted by Crippen LogP contribution is 2.34. The number of rotatable bonds is 3. The molecule has 0 radical (unpaired) electrons. The van der Waals surface area contributed by atoms with Gasteiger partial charge in [0, 0.05) is 11.6 Å². The molecule has 0 aliphatic rings. The van der Waals surface area contributed by atoms with E-state index in [-0.39, 0.29) is 11.6 Å². The first-order valence-electron chi connectivity index (χ1n) is 5.08. The van der Waals surface area contributed by atoms with Crippen LogP contribution in [0.25, 0.3) is 0 Å². The van der Waals surface area contributed by atoms with E-state index in [0.717, 1.165) is 12.1 Å². The smallest absolute Gasteiger partial charge is 0.162 e. The summed E-state index contributed by atoms with van der Waals surface area (Å²) >= 11 is 11.7. The van der Waals surface area contributed by atoms with Crippen LogP contribution in [0.1, 0.15) is 5.56 Å². The van der Waals surface area contributed by atoms with Crippen molar-refractivity contribution in [2.24, 2.45) is 0 Å². The fraction of sp³-hybridized carbons (Fsp3) is 0.0769. The molecule has 0 amide bonds. The van der Waals surface area contributed by atoms with Crippen molar-refractivity contribution in [3.8, 4) is 11.5 Å². The Morgan fingerprint density at radius 3 is 2.50 bits per heavy atom. The number of hydrogen-bond acceptors (Lipinski definition) is 1. The predicted molar refractivity (Wildman–Crippen MR) is 67.4 cm³/mol. The Hall–Kier alpha value is -1.32. The summed E-state index contributed by atoms with van der Waals surface area (Å²) in [5.41, 5.74) is 0.675. The molecule has 0 spiro atoms. The van der Waals surface area contributed by atoms with E-state index in [1.807, 2.05) is 0 Å². The third kappa shape index (κ3) is 2.74. The van der Waals surface area contributed by atoms with E-state index in [2.05, 4.69) is 0 Å². The molecule has 0 saturated carbocycles. The van der Waals surface area contributed by atoms with Crippen LogP contribution in [0, 0.1) is 11.6 Å². The van der Waals surface area contributed by atoms with Crippen molar-refractivity contribution in [2.75, 3.05) is 0 Å². The van der Waals surface area contributed by atoms with Crippen molar-refractivity contribution in [3.05, 3.63) is 58.6 Å². The summed E-state index contributed by atoms with van der Waals surface area (Å²) < 4.78 is 31.3. The van der Waals surface area contributed by atoms with Crippen LogP contribution in [0.15, 0.2) is 36.4 Å². The first-order chi connectivity index (χ1) is 8.61. The molecule has 0 N–H and O–H groups in total. The van der Waals surface area contributed by atoms with E-state index in [9.17, 15) is 8.78 Å². The van der Waals surface area contributed by atoms with E-state index in [1.54, 1.807) is 18.2 Å². The zero-order valence-electron chi connectivity index (χ0n) is 9.09. The Labute approximate surface area is 113 Å². The number of ether oxygens (including phenoxy) is 1. The molecule has 18 heavy (non-hydrogen) atoms. The van der Waals surface area contributed by atoms with Crippen LogP contribution in [0.3, 0.4) is 0 Å². The molecular formula is C13H8Cl2F2O. The van der Waals surface area contributed by atoms with Gasteiger partial charge in [0.25, 0.3) is 0 Å². The standard InChI is InChI=1S/C13H8Cl2F2O/c14-7-8-2-1-3-10(15)13(8)18-9-4-5-11(16)12(17)6-9/h1-6H,7H2. The lowest BCUT2D eigenvalue weighted by molar-refractivity contribution is 0.459. The maximum absolute atomic E-state index is 13.1. The zero-order valence-corrected chi connectivity index (χ0v) is 10.6. The van der Waals surface area contributed by atoms with Gasteiger partial charge in [-0.2, -0.15) is 0 Å². The summed E-state index contributed by atoms with van der Waals surface area (Å²) in [6.45, 7) is 0. The van der Waals surface area contributed by atoms with Crippen LogP contribution in [0.2, 0.25) is 5.02 Å². The Morgan fingerprint density at radius 1 is 1.06 bits per heavy atom. The summed E-state index contributed by atoms with van der Waals surface area (Å²) in [5, 5.41) is 0.359. The van der Waals surface area contributed by atoms with Gasteiger partial charge in [-0.1, -0.05) is 23.7 Å². The van der Waals surface area contributed by atoms with Crippen LogP contribution in [-0.2, 0) is 5.88 Å². The molecule has 0 fully saturated rings. The average molecular weight is 289 g/mol. The molecular weight excluding hydrogens is 281 g/mol. The lowest BCUT2D eigenvalue weighted by atomic mass is 10.2. The molecule has 2 rings (SSSR count). The van der Waals surface area contributed by atoms with Crippen molar-refractivity contribution >= 4 is 23.2 Å². The van der Waals surface area contributed by atoms with Gasteiger partial charge in [-0.3, -0.25) is 0 Å². The molecule has 2 aromatic rings. The van der Waals surface area contributed by atoms with E-state index in [1.165, 1.54) is 6.07 Å². The Kier molecular flexibility index (Phi) is 4.04. The Bertz CT molecular complexity index is 573. The minimum Gasteiger partial charge on any atom is -0.455 e. The first kappa shape index (κ1) is 13.1. The lowest BCUT2D eigenvalue weighted by Gasteiger charge is -2.11. The van der Waals surface area contributed by atoms with Gasteiger partial charge in [-0.15, -0.1) is 11.6 Å². The van der Waals surface area contributed by atoms with Gasteiger partial charge >= 0.3 is 0 Å². The molecule has 0 unspecified atom stereocenters. The number of para-hydroxylation sites is 1. The van der Waals surface area contributed by atoms with Crippen molar-refractivity contribution in [1.82, 2.24) is 0 Å². The van der Waals surface area contributed by atoms with Gasteiger partial charge in [0.1, 0.15) is 11.5 Å². The zero-order chi connectivity index (χ0) is 13.1. The number of halogens is 4. The normalized spacial score (nSPS) is 10.4. The minimum absolute atomic E-state index is 0.161. The SMILES string of the molecule is Fc1ccc(Oc2c(Cl)cccc2CCl)cc1F. The van der Waals surface area contributed by atoms with Crippen LogP contribution in [-0.4, -0.2) is 0 Å².